The Hall–Kier alpha value is -3.35. The average Bonchev–Trinajstić information content (AvgIpc) is 2.94. The predicted octanol–water partition coefficient (Wildman–Crippen LogP) is 5.61. The van der Waals surface area contributed by atoms with Crippen molar-refractivity contribution >= 4 is 6.09 Å². The van der Waals surface area contributed by atoms with Crippen LogP contribution in [0.1, 0.15) is 42.1 Å². The van der Waals surface area contributed by atoms with Gasteiger partial charge >= 0.3 is 6.09 Å². The first-order chi connectivity index (χ1) is 18.0. The molecule has 1 amide bonds. The Morgan fingerprint density at radius 1 is 0.946 bits per heavy atom. The molecule has 1 aliphatic rings. The molecule has 6 heteroatoms. The number of hydrogen-bond acceptors (Lipinski definition) is 5. The van der Waals surface area contributed by atoms with Gasteiger partial charge in [-0.2, -0.15) is 0 Å². The van der Waals surface area contributed by atoms with Crippen LogP contribution in [0.5, 0.6) is 5.75 Å². The van der Waals surface area contributed by atoms with Crippen molar-refractivity contribution in [3.8, 4) is 5.75 Å². The molecule has 196 valence electrons. The van der Waals surface area contributed by atoms with Crippen molar-refractivity contribution in [3.63, 3.8) is 0 Å². The third kappa shape index (κ3) is 6.70. The zero-order valence-corrected chi connectivity index (χ0v) is 22.2. The maximum absolute atomic E-state index is 11.6. The van der Waals surface area contributed by atoms with E-state index in [9.17, 15) is 4.79 Å². The van der Waals surface area contributed by atoms with Crippen molar-refractivity contribution < 1.29 is 14.3 Å². The first-order valence-corrected chi connectivity index (χ1v) is 13.1. The van der Waals surface area contributed by atoms with Gasteiger partial charge in [0.15, 0.2) is 0 Å². The van der Waals surface area contributed by atoms with E-state index in [1.54, 1.807) is 7.05 Å². The van der Waals surface area contributed by atoms with Gasteiger partial charge in [0.25, 0.3) is 0 Å². The Balaban J connectivity index is 1.45. The number of nitrogens with zero attached hydrogens (tertiary/aromatic N) is 2. The van der Waals surface area contributed by atoms with Gasteiger partial charge < -0.3 is 14.8 Å². The molecule has 1 saturated heterocycles. The summed E-state index contributed by atoms with van der Waals surface area (Å²) < 4.78 is 11.9. The molecule has 37 heavy (non-hydrogen) atoms. The Morgan fingerprint density at radius 2 is 1.57 bits per heavy atom. The minimum atomic E-state index is -0.429. The van der Waals surface area contributed by atoms with Crippen molar-refractivity contribution in [1.29, 1.82) is 0 Å². The molecule has 3 aromatic rings. The van der Waals surface area contributed by atoms with Gasteiger partial charge in [0.05, 0.1) is 6.61 Å². The minimum Gasteiger partial charge on any atom is -0.485 e. The first kappa shape index (κ1) is 26.7. The number of alkyl carbamates (subject to hydrolysis) is 1. The number of hydrogen-bond donors (Lipinski definition) is 1. The van der Waals surface area contributed by atoms with E-state index in [2.05, 4.69) is 83.8 Å². The summed E-state index contributed by atoms with van der Waals surface area (Å²) >= 11 is 0. The van der Waals surface area contributed by atoms with Crippen LogP contribution in [0.4, 0.5) is 4.79 Å². The molecule has 0 radical (unpaired) electrons. The number of carbonyl (C=O) groups excluding carboxylic acids is 1. The highest BCUT2D eigenvalue weighted by molar-refractivity contribution is 5.66. The van der Waals surface area contributed by atoms with Crippen LogP contribution in [0, 0.1) is 0 Å². The van der Waals surface area contributed by atoms with Gasteiger partial charge in [0.1, 0.15) is 11.9 Å². The van der Waals surface area contributed by atoms with E-state index in [0.717, 1.165) is 43.8 Å². The molecule has 1 aliphatic heterocycles. The Kier molecular flexibility index (Phi) is 9.20. The van der Waals surface area contributed by atoms with Gasteiger partial charge in [-0.1, -0.05) is 78.9 Å². The summed E-state index contributed by atoms with van der Waals surface area (Å²) in [5.41, 5.74) is 3.70. The molecule has 1 N–H and O–H groups in total. The fourth-order valence-corrected chi connectivity index (χ4v) is 5.26. The Labute approximate surface area is 221 Å². The van der Waals surface area contributed by atoms with E-state index in [0.29, 0.717) is 6.42 Å². The molecular weight excluding hydrogens is 462 g/mol. The summed E-state index contributed by atoms with van der Waals surface area (Å²) in [6, 6.07) is 29.3. The lowest BCUT2D eigenvalue weighted by atomic mass is 9.79. The van der Waals surface area contributed by atoms with Gasteiger partial charge in [-0.3, -0.25) is 9.80 Å². The average molecular weight is 502 g/mol. The molecule has 1 fully saturated rings. The first-order valence-electron chi connectivity index (χ1n) is 13.1. The number of likely N-dealkylation sites (tertiary alicyclic amines) is 1. The zero-order valence-electron chi connectivity index (χ0n) is 22.2. The topological polar surface area (TPSA) is 54.0 Å². The fourth-order valence-electron chi connectivity index (χ4n) is 5.26. The predicted molar refractivity (Wildman–Crippen MR) is 148 cm³/mol. The third-order valence-corrected chi connectivity index (χ3v) is 7.47. The maximum Gasteiger partial charge on any atom is 0.406 e. The van der Waals surface area contributed by atoms with Gasteiger partial charge in [-0.25, -0.2) is 4.79 Å². The van der Waals surface area contributed by atoms with Crippen LogP contribution in [-0.2, 0) is 16.8 Å². The maximum atomic E-state index is 11.6. The second kappa shape index (κ2) is 12.7. The molecule has 1 heterocycles. The summed E-state index contributed by atoms with van der Waals surface area (Å²) in [6.45, 7) is 3.15. The van der Waals surface area contributed by atoms with Crippen molar-refractivity contribution in [3.05, 3.63) is 102 Å². The number of amides is 1. The number of nitrogens with one attached hydrogen (secondary N) is 1. The lowest BCUT2D eigenvalue weighted by Crippen LogP contribution is -2.50. The number of benzene rings is 3. The van der Waals surface area contributed by atoms with Crippen molar-refractivity contribution in [2.45, 2.75) is 37.5 Å². The van der Waals surface area contributed by atoms with Crippen LogP contribution >= 0.6 is 0 Å². The van der Waals surface area contributed by atoms with Crippen LogP contribution in [0.3, 0.4) is 0 Å². The van der Waals surface area contributed by atoms with Crippen LogP contribution in [0.15, 0.2) is 84.9 Å². The summed E-state index contributed by atoms with van der Waals surface area (Å²) in [5.74, 6) is 0.879. The highest BCUT2D eigenvalue weighted by Crippen LogP contribution is 2.38. The second-order valence-electron chi connectivity index (χ2n) is 9.87. The summed E-state index contributed by atoms with van der Waals surface area (Å²) in [7, 11) is 5.96. The molecule has 1 unspecified atom stereocenters. The highest BCUT2D eigenvalue weighted by Gasteiger charge is 2.38. The minimum absolute atomic E-state index is 0.0664. The third-order valence-electron chi connectivity index (χ3n) is 7.47. The van der Waals surface area contributed by atoms with E-state index in [-0.39, 0.29) is 18.2 Å². The van der Waals surface area contributed by atoms with Gasteiger partial charge in [0.2, 0.25) is 0 Å². The molecule has 0 bridgehead atoms. The SMILES string of the molecule is CNC(=O)OCCC(Oc1ccccc1CN1CCC(c2ccccc2)(N(C)C)CC1)c1ccccc1. The number of piperidine rings is 1. The number of rotatable bonds is 10. The molecular formula is C31H39N3O3. The molecule has 0 aliphatic carbocycles. The smallest absolute Gasteiger partial charge is 0.406 e. The summed E-state index contributed by atoms with van der Waals surface area (Å²) in [5, 5.41) is 2.50. The molecule has 3 aromatic carbocycles. The van der Waals surface area contributed by atoms with Crippen LogP contribution in [0.2, 0.25) is 0 Å². The van der Waals surface area contributed by atoms with Crippen molar-refractivity contribution in [2.75, 3.05) is 40.8 Å². The Bertz CT molecular complexity index is 1110. The zero-order chi connectivity index (χ0) is 26.1. The van der Waals surface area contributed by atoms with Crippen LogP contribution in [-0.4, -0.2) is 56.7 Å². The van der Waals surface area contributed by atoms with E-state index in [1.807, 2.05) is 30.3 Å². The van der Waals surface area contributed by atoms with Gasteiger partial charge in [-0.05, 0) is 44.1 Å². The standard InChI is InChI=1S/C31H39N3O3/c1-32-30(35)36-23-18-29(25-12-6-4-7-13-25)37-28-17-11-10-14-26(28)24-34-21-19-31(20-22-34,33(2)3)27-15-8-5-9-16-27/h4-17,29H,18-24H2,1-3H3,(H,32,35). The van der Waals surface area contributed by atoms with Crippen molar-refractivity contribution in [2.24, 2.45) is 0 Å². The Morgan fingerprint density at radius 3 is 2.22 bits per heavy atom. The molecule has 1 atom stereocenters. The van der Waals surface area contributed by atoms with Crippen LogP contribution < -0.4 is 10.1 Å². The molecule has 0 spiro atoms. The largest absolute Gasteiger partial charge is 0.485 e. The molecule has 4 rings (SSSR count). The monoisotopic (exact) mass is 501 g/mol. The van der Waals surface area contributed by atoms with E-state index < -0.39 is 6.09 Å². The van der Waals surface area contributed by atoms with E-state index in [4.69, 9.17) is 9.47 Å². The summed E-state index contributed by atoms with van der Waals surface area (Å²) in [4.78, 5) is 16.5. The molecule has 0 aromatic heterocycles. The summed E-state index contributed by atoms with van der Waals surface area (Å²) in [6.07, 6.45) is 2.08. The number of ether oxygens (including phenoxy) is 2. The fraction of sp³-hybridized carbons (Fsp3) is 0.387. The van der Waals surface area contributed by atoms with Gasteiger partial charge in [-0.15, -0.1) is 0 Å². The van der Waals surface area contributed by atoms with E-state index in [1.165, 1.54) is 11.1 Å². The normalized spacial score (nSPS) is 16.2. The molecule has 0 saturated carbocycles. The van der Waals surface area contributed by atoms with E-state index >= 15 is 0 Å². The van der Waals surface area contributed by atoms with Crippen molar-refractivity contribution in [1.82, 2.24) is 15.1 Å². The highest BCUT2D eigenvalue weighted by atomic mass is 16.5. The lowest BCUT2D eigenvalue weighted by molar-refractivity contribution is 0.0500. The molecule has 6 nitrogen and oxygen atoms in total. The second-order valence-corrected chi connectivity index (χ2v) is 9.87. The van der Waals surface area contributed by atoms with Gasteiger partial charge in [0, 0.05) is 44.2 Å². The lowest BCUT2D eigenvalue weighted by Gasteiger charge is -2.46. The number of para-hydroxylation sites is 1. The van der Waals surface area contributed by atoms with Crippen LogP contribution in [0.25, 0.3) is 0 Å². The number of carbonyl (C=O) groups is 1. The quantitative estimate of drug-likeness (QED) is 0.392.